The van der Waals surface area contributed by atoms with Crippen LogP contribution in [0, 0.1) is 0 Å². The summed E-state index contributed by atoms with van der Waals surface area (Å²) >= 11 is 0. The Hall–Kier alpha value is -2.33. The van der Waals surface area contributed by atoms with Crippen LogP contribution in [0.5, 0.6) is 11.5 Å². The molecule has 0 unspecified atom stereocenters. The minimum Gasteiger partial charge on any atom is -0.507 e. The van der Waals surface area contributed by atoms with Gasteiger partial charge in [0.2, 0.25) is 6.08 Å². The topological polar surface area (TPSA) is 85.2 Å². The summed E-state index contributed by atoms with van der Waals surface area (Å²) in [5.41, 5.74) is -0.117. The molecule has 112 valence electrons. The molecule has 1 fully saturated rings. The predicted octanol–water partition coefficient (Wildman–Crippen LogP) is 2.29. The van der Waals surface area contributed by atoms with Crippen LogP contribution in [0.25, 0.3) is 0 Å². The lowest BCUT2D eigenvalue weighted by atomic mass is 9.86. The average Bonchev–Trinajstić information content (AvgIpc) is 2.96. The lowest BCUT2D eigenvalue weighted by molar-refractivity contribution is 0.0597. The Morgan fingerprint density at radius 1 is 1.33 bits per heavy atom. The van der Waals surface area contributed by atoms with Gasteiger partial charge < -0.3 is 14.6 Å². The van der Waals surface area contributed by atoms with E-state index in [0.717, 1.165) is 12.8 Å². The van der Waals surface area contributed by atoms with Crippen LogP contribution in [0.4, 0.5) is 0 Å². The van der Waals surface area contributed by atoms with Crippen molar-refractivity contribution in [1.29, 1.82) is 0 Å². The van der Waals surface area contributed by atoms with Crippen LogP contribution in [-0.2, 0) is 15.1 Å². The van der Waals surface area contributed by atoms with Gasteiger partial charge in [-0.3, -0.25) is 0 Å². The molecule has 0 saturated heterocycles. The zero-order chi connectivity index (χ0) is 15.5. The number of isocyanates is 1. The second-order valence-corrected chi connectivity index (χ2v) is 5.00. The summed E-state index contributed by atoms with van der Waals surface area (Å²) in [6.45, 7) is 0. The highest BCUT2D eigenvalue weighted by molar-refractivity contribution is 5.93. The van der Waals surface area contributed by atoms with Crippen LogP contribution in [0.1, 0.15) is 41.6 Å². The molecule has 6 nitrogen and oxygen atoms in total. The number of carbonyl (C=O) groups is 1. The first kappa shape index (κ1) is 15.1. The van der Waals surface area contributed by atoms with Crippen LogP contribution in [0.3, 0.4) is 0 Å². The fourth-order valence-electron chi connectivity index (χ4n) is 2.86. The van der Waals surface area contributed by atoms with E-state index in [4.69, 9.17) is 4.74 Å². The molecule has 1 aliphatic carbocycles. The number of phenols is 1. The number of benzene rings is 1. The van der Waals surface area contributed by atoms with Gasteiger partial charge in [-0.2, -0.15) is 4.99 Å². The maximum atomic E-state index is 11.7. The number of phenolic OH excluding ortho intramolecular Hbond substituents is 1. The number of ether oxygens (including phenoxy) is 2. The number of hydrogen-bond acceptors (Lipinski definition) is 6. The van der Waals surface area contributed by atoms with Crippen molar-refractivity contribution >= 4 is 12.0 Å². The number of hydrogen-bond donors (Lipinski definition) is 1. The number of esters is 1. The second-order valence-electron chi connectivity index (χ2n) is 5.00. The Morgan fingerprint density at radius 3 is 2.52 bits per heavy atom. The Labute approximate surface area is 122 Å². The number of nitrogens with zero attached hydrogens (tertiary/aromatic N) is 1. The van der Waals surface area contributed by atoms with E-state index in [0.29, 0.717) is 24.2 Å². The van der Waals surface area contributed by atoms with Gasteiger partial charge in [0.05, 0.1) is 14.2 Å². The van der Waals surface area contributed by atoms with E-state index in [9.17, 15) is 14.7 Å². The summed E-state index contributed by atoms with van der Waals surface area (Å²) in [6.07, 6.45) is 4.80. The van der Waals surface area contributed by atoms with Crippen LogP contribution < -0.4 is 4.74 Å². The first-order valence-electron chi connectivity index (χ1n) is 6.67. The summed E-state index contributed by atoms with van der Waals surface area (Å²) in [4.78, 5) is 26.5. The molecule has 0 heterocycles. The first-order valence-corrected chi connectivity index (χ1v) is 6.67. The van der Waals surface area contributed by atoms with E-state index in [1.165, 1.54) is 26.4 Å². The second kappa shape index (κ2) is 5.97. The van der Waals surface area contributed by atoms with Gasteiger partial charge >= 0.3 is 5.97 Å². The van der Waals surface area contributed by atoms with Crippen molar-refractivity contribution in [1.82, 2.24) is 0 Å². The quantitative estimate of drug-likeness (QED) is 0.522. The van der Waals surface area contributed by atoms with E-state index < -0.39 is 11.5 Å². The largest absolute Gasteiger partial charge is 0.507 e. The maximum absolute atomic E-state index is 11.7. The third-order valence-corrected chi connectivity index (χ3v) is 3.91. The fourth-order valence-corrected chi connectivity index (χ4v) is 2.86. The van der Waals surface area contributed by atoms with Crippen molar-refractivity contribution in [2.24, 2.45) is 4.99 Å². The molecule has 6 heteroatoms. The van der Waals surface area contributed by atoms with Gasteiger partial charge in [0.25, 0.3) is 0 Å². The zero-order valence-electron chi connectivity index (χ0n) is 12.0. The van der Waals surface area contributed by atoms with E-state index >= 15 is 0 Å². The number of methoxy groups -OCH3 is 2. The van der Waals surface area contributed by atoms with Crippen molar-refractivity contribution in [3.8, 4) is 11.5 Å². The van der Waals surface area contributed by atoms with Crippen molar-refractivity contribution in [3.05, 3.63) is 23.3 Å². The van der Waals surface area contributed by atoms with Gasteiger partial charge in [0.1, 0.15) is 22.6 Å². The Morgan fingerprint density at radius 2 is 2.00 bits per heavy atom. The van der Waals surface area contributed by atoms with Gasteiger partial charge in [-0.15, -0.1) is 0 Å². The van der Waals surface area contributed by atoms with E-state index in [-0.39, 0.29) is 11.3 Å². The van der Waals surface area contributed by atoms with Crippen molar-refractivity contribution < 1.29 is 24.2 Å². The SMILES string of the molecule is COC(=O)c1cc(C2(N=C=O)CCCC2)c(OC)cc1O. The average molecular weight is 291 g/mol. The standard InChI is InChI=1S/C15H17NO5/c1-20-13-8-12(18)10(14(19)21-2)7-11(13)15(16-9-17)5-3-4-6-15/h7-8,18H,3-6H2,1-2H3. The predicted molar refractivity (Wildman–Crippen MR) is 74.3 cm³/mol. The third-order valence-electron chi connectivity index (χ3n) is 3.91. The van der Waals surface area contributed by atoms with E-state index in [1.807, 2.05) is 0 Å². The van der Waals surface area contributed by atoms with Crippen LogP contribution in [0.15, 0.2) is 17.1 Å². The monoisotopic (exact) mass is 291 g/mol. The molecule has 0 bridgehead atoms. The third kappa shape index (κ3) is 2.62. The van der Waals surface area contributed by atoms with Crippen molar-refractivity contribution in [2.75, 3.05) is 14.2 Å². The Kier molecular flexibility index (Phi) is 4.29. The Balaban J connectivity index is 2.65. The highest BCUT2D eigenvalue weighted by Crippen LogP contribution is 2.47. The minimum absolute atomic E-state index is 0.0284. The number of rotatable bonds is 4. The summed E-state index contributed by atoms with van der Waals surface area (Å²) in [7, 11) is 2.70. The molecule has 1 aromatic rings. The fraction of sp³-hybridized carbons (Fsp3) is 0.467. The number of carbonyl (C=O) groups excluding carboxylic acids is 2. The number of aromatic hydroxyl groups is 1. The maximum Gasteiger partial charge on any atom is 0.341 e. The molecule has 0 spiro atoms. The normalized spacial score (nSPS) is 16.1. The van der Waals surface area contributed by atoms with Gasteiger partial charge in [-0.05, 0) is 18.9 Å². The smallest absolute Gasteiger partial charge is 0.341 e. The zero-order valence-corrected chi connectivity index (χ0v) is 12.0. The molecule has 1 aliphatic rings. The first-order chi connectivity index (χ1) is 10.1. The highest BCUT2D eigenvalue weighted by Gasteiger charge is 2.39. The summed E-state index contributed by atoms with van der Waals surface area (Å²) in [6, 6.07) is 2.84. The molecule has 0 atom stereocenters. The van der Waals surface area contributed by atoms with Crippen molar-refractivity contribution in [3.63, 3.8) is 0 Å². The molecule has 2 rings (SSSR count). The van der Waals surface area contributed by atoms with Gasteiger partial charge in [-0.1, -0.05) is 12.8 Å². The lowest BCUT2D eigenvalue weighted by Gasteiger charge is -2.25. The van der Waals surface area contributed by atoms with Gasteiger partial charge in [0.15, 0.2) is 0 Å². The Bertz CT molecular complexity index is 598. The molecule has 0 aliphatic heterocycles. The van der Waals surface area contributed by atoms with Gasteiger partial charge in [-0.25, -0.2) is 9.59 Å². The molecule has 1 N–H and O–H groups in total. The summed E-state index contributed by atoms with van der Waals surface area (Å²) < 4.78 is 9.93. The molecule has 0 amide bonds. The van der Waals surface area contributed by atoms with Crippen molar-refractivity contribution in [2.45, 2.75) is 31.2 Å². The molecular formula is C15H17NO5. The molecule has 0 aromatic heterocycles. The lowest BCUT2D eigenvalue weighted by Crippen LogP contribution is -2.21. The minimum atomic E-state index is -0.746. The molecule has 1 aromatic carbocycles. The molecule has 0 radical (unpaired) electrons. The molecule has 21 heavy (non-hydrogen) atoms. The molecule has 1 saturated carbocycles. The molecular weight excluding hydrogens is 274 g/mol. The van der Waals surface area contributed by atoms with Crippen LogP contribution >= 0.6 is 0 Å². The highest BCUT2D eigenvalue weighted by atomic mass is 16.5. The summed E-state index contributed by atoms with van der Waals surface area (Å²) in [5.74, 6) is -0.494. The summed E-state index contributed by atoms with van der Waals surface area (Å²) in [5, 5.41) is 9.92. The number of aliphatic imine (C=N–C) groups is 1. The van der Waals surface area contributed by atoms with E-state index in [1.54, 1.807) is 6.08 Å². The van der Waals surface area contributed by atoms with Gasteiger partial charge in [0, 0.05) is 11.6 Å². The van der Waals surface area contributed by atoms with E-state index in [2.05, 4.69) is 9.73 Å². The van der Waals surface area contributed by atoms with Crippen LogP contribution in [0.2, 0.25) is 0 Å². The van der Waals surface area contributed by atoms with Crippen LogP contribution in [-0.4, -0.2) is 31.4 Å².